The number of carbonyl (C=O) groups is 2. The minimum absolute atomic E-state index is 0.181. The first kappa shape index (κ1) is 27.3. The summed E-state index contributed by atoms with van der Waals surface area (Å²) in [6, 6.07) is 19.7. The molecule has 0 aliphatic rings. The van der Waals surface area contributed by atoms with Crippen LogP contribution in [-0.2, 0) is 16.6 Å². The van der Waals surface area contributed by atoms with Gasteiger partial charge in [-0.2, -0.15) is 0 Å². The van der Waals surface area contributed by atoms with Crippen LogP contribution in [0.15, 0.2) is 60.7 Å². The number of hydrogen-bond donors (Lipinski definition) is 3. The average Bonchev–Trinajstić information content (AvgIpc) is 3.22. The highest BCUT2D eigenvalue weighted by molar-refractivity contribution is 5.98. The first-order valence-electron chi connectivity index (χ1n) is 12.5. The molecule has 1 heterocycles. The van der Waals surface area contributed by atoms with Crippen LogP contribution in [0.5, 0.6) is 5.75 Å². The Morgan fingerprint density at radius 1 is 0.744 bits per heavy atom. The maximum Gasteiger partial charge on any atom is 0.221 e. The summed E-state index contributed by atoms with van der Waals surface area (Å²) in [4.78, 5) is 32.9. The molecule has 3 N–H and O–H groups in total. The molecule has 0 fully saturated rings. The van der Waals surface area contributed by atoms with Gasteiger partial charge in [0.05, 0.1) is 22.8 Å². The Hall–Kier alpha value is -4.79. The van der Waals surface area contributed by atoms with Crippen molar-refractivity contribution in [3.8, 4) is 39.7 Å². The second-order valence-electron chi connectivity index (χ2n) is 9.86. The molecule has 1 aromatic heterocycles. The number of amides is 2. The lowest BCUT2D eigenvalue weighted by Gasteiger charge is -2.15. The summed E-state index contributed by atoms with van der Waals surface area (Å²) in [6.07, 6.45) is 0. The Balaban J connectivity index is 1.96. The number of phenolic OH excluding ortho intramolecular Hbond substituents is 1. The van der Waals surface area contributed by atoms with Crippen LogP contribution in [0, 0.1) is 0 Å². The first-order chi connectivity index (χ1) is 18.5. The summed E-state index contributed by atoms with van der Waals surface area (Å²) in [6.45, 7) is 2.71. The van der Waals surface area contributed by atoms with Crippen LogP contribution in [0.3, 0.4) is 0 Å². The van der Waals surface area contributed by atoms with Crippen LogP contribution >= 0.6 is 0 Å². The highest BCUT2D eigenvalue weighted by atomic mass is 16.3. The minimum atomic E-state index is -0.348. The number of nitrogens with zero attached hydrogens (tertiary/aromatic N) is 4. The van der Waals surface area contributed by atoms with E-state index >= 15 is 0 Å². The lowest BCUT2D eigenvalue weighted by Crippen LogP contribution is -2.10. The van der Waals surface area contributed by atoms with Crippen LogP contribution in [0.1, 0.15) is 13.8 Å². The molecule has 39 heavy (non-hydrogen) atoms. The topological polar surface area (TPSA) is 103 Å². The third-order valence-corrected chi connectivity index (χ3v) is 6.40. The number of nitrogens with one attached hydrogen (secondary N) is 2. The van der Waals surface area contributed by atoms with Crippen molar-refractivity contribution in [1.29, 1.82) is 0 Å². The smallest absolute Gasteiger partial charge is 0.221 e. The Kier molecular flexibility index (Phi) is 7.62. The van der Waals surface area contributed by atoms with Gasteiger partial charge in [0.25, 0.3) is 0 Å². The summed E-state index contributed by atoms with van der Waals surface area (Å²) in [7, 11) is 9.92. The summed E-state index contributed by atoms with van der Waals surface area (Å²) in [5, 5.41) is 16.0. The Morgan fingerprint density at radius 2 is 1.18 bits per heavy atom. The molecule has 0 aliphatic carbocycles. The van der Waals surface area contributed by atoms with Gasteiger partial charge in [-0.3, -0.25) is 9.59 Å². The molecule has 0 saturated carbocycles. The maximum atomic E-state index is 11.9. The summed E-state index contributed by atoms with van der Waals surface area (Å²) < 4.78 is 1.99. The SMILES string of the molecule is CC(=O)Nc1cc(-c2nc(-c3ccc(N(C)C)cc3)c(-c3ccc(N(C)C)cc3)n2C)cc(NC(C)=O)c1O. The second-order valence-corrected chi connectivity index (χ2v) is 9.86. The van der Waals surface area contributed by atoms with E-state index in [1.54, 1.807) is 12.1 Å². The molecule has 9 nitrogen and oxygen atoms in total. The average molecular weight is 527 g/mol. The molecule has 2 amide bonds. The van der Waals surface area contributed by atoms with Crippen molar-refractivity contribution < 1.29 is 14.7 Å². The van der Waals surface area contributed by atoms with Gasteiger partial charge in [-0.25, -0.2) is 4.98 Å². The zero-order valence-electron chi connectivity index (χ0n) is 23.3. The van der Waals surface area contributed by atoms with E-state index in [0.29, 0.717) is 11.4 Å². The monoisotopic (exact) mass is 526 g/mol. The van der Waals surface area contributed by atoms with Crippen molar-refractivity contribution in [3.05, 3.63) is 60.7 Å². The van der Waals surface area contributed by atoms with Crippen molar-refractivity contribution in [2.24, 2.45) is 7.05 Å². The van der Waals surface area contributed by atoms with Gasteiger partial charge in [0, 0.05) is 77.2 Å². The van der Waals surface area contributed by atoms with E-state index in [9.17, 15) is 14.7 Å². The van der Waals surface area contributed by atoms with Gasteiger partial charge in [-0.1, -0.05) is 24.3 Å². The largest absolute Gasteiger partial charge is 0.504 e. The number of phenols is 1. The number of aromatic nitrogens is 2. The van der Waals surface area contributed by atoms with Crippen molar-refractivity contribution in [3.63, 3.8) is 0 Å². The Morgan fingerprint density at radius 3 is 1.59 bits per heavy atom. The highest BCUT2D eigenvalue weighted by Gasteiger charge is 2.22. The van der Waals surface area contributed by atoms with E-state index in [1.807, 2.05) is 73.9 Å². The van der Waals surface area contributed by atoms with E-state index in [-0.39, 0.29) is 28.9 Å². The van der Waals surface area contributed by atoms with E-state index in [0.717, 1.165) is 33.9 Å². The number of benzene rings is 3. The van der Waals surface area contributed by atoms with E-state index in [4.69, 9.17) is 4.98 Å². The second kappa shape index (κ2) is 10.9. The van der Waals surface area contributed by atoms with Crippen LogP contribution in [0.2, 0.25) is 0 Å². The van der Waals surface area contributed by atoms with Crippen LogP contribution in [0.25, 0.3) is 33.9 Å². The predicted molar refractivity (Wildman–Crippen MR) is 158 cm³/mol. The zero-order valence-corrected chi connectivity index (χ0v) is 23.3. The quantitative estimate of drug-likeness (QED) is 0.287. The fraction of sp³-hybridized carbons (Fsp3) is 0.233. The van der Waals surface area contributed by atoms with Crippen LogP contribution in [-0.4, -0.2) is 54.7 Å². The third-order valence-electron chi connectivity index (χ3n) is 6.40. The maximum absolute atomic E-state index is 11.9. The molecular weight excluding hydrogens is 492 g/mol. The molecule has 0 saturated heterocycles. The van der Waals surface area contributed by atoms with Crippen molar-refractivity contribution in [2.45, 2.75) is 13.8 Å². The molecule has 202 valence electrons. The first-order valence-corrected chi connectivity index (χ1v) is 12.5. The van der Waals surface area contributed by atoms with E-state index in [2.05, 4.69) is 34.9 Å². The number of rotatable bonds is 7. The lowest BCUT2D eigenvalue weighted by molar-refractivity contribution is -0.115. The predicted octanol–water partition coefficient (Wildman–Crippen LogP) is 5.18. The number of imidazole rings is 1. The van der Waals surface area contributed by atoms with Gasteiger partial charge in [-0.15, -0.1) is 0 Å². The normalized spacial score (nSPS) is 10.7. The summed E-state index contributed by atoms with van der Waals surface area (Å²) in [5.74, 6) is -0.317. The van der Waals surface area contributed by atoms with Crippen molar-refractivity contribution in [1.82, 2.24) is 9.55 Å². The standard InChI is InChI=1S/C30H34N6O3/c1-18(37)31-25-16-22(17-26(29(25)39)32-19(2)38)30-33-27(20-8-12-23(13-9-20)34(3)4)28(36(30)7)21-10-14-24(15-11-21)35(5)6/h8-17,39H,1-7H3,(H,31,37)(H,32,38). The van der Waals surface area contributed by atoms with E-state index in [1.165, 1.54) is 13.8 Å². The molecule has 4 rings (SSSR count). The third kappa shape index (κ3) is 5.72. The molecule has 0 aliphatic heterocycles. The van der Waals surface area contributed by atoms with Gasteiger partial charge < -0.3 is 30.1 Å². The summed E-state index contributed by atoms with van der Waals surface area (Å²) >= 11 is 0. The molecule has 4 aromatic rings. The number of carbonyl (C=O) groups excluding carboxylic acids is 2. The molecule has 0 spiro atoms. The van der Waals surface area contributed by atoms with Gasteiger partial charge in [0.1, 0.15) is 5.82 Å². The van der Waals surface area contributed by atoms with Gasteiger partial charge in [0.2, 0.25) is 11.8 Å². The number of anilines is 4. The lowest BCUT2D eigenvalue weighted by atomic mass is 10.0. The molecule has 0 radical (unpaired) electrons. The van der Waals surface area contributed by atoms with Crippen molar-refractivity contribution in [2.75, 3.05) is 48.6 Å². The minimum Gasteiger partial charge on any atom is -0.504 e. The molecule has 3 aromatic carbocycles. The molecule has 0 bridgehead atoms. The van der Waals surface area contributed by atoms with Crippen LogP contribution < -0.4 is 20.4 Å². The highest BCUT2D eigenvalue weighted by Crippen LogP contribution is 2.41. The molecular formula is C30H34N6O3. The molecule has 0 atom stereocenters. The Bertz CT molecular complexity index is 1480. The molecule has 0 unspecified atom stereocenters. The number of hydrogen-bond acceptors (Lipinski definition) is 6. The van der Waals surface area contributed by atoms with E-state index < -0.39 is 0 Å². The van der Waals surface area contributed by atoms with Gasteiger partial charge >= 0.3 is 0 Å². The zero-order chi connectivity index (χ0) is 28.4. The summed E-state index contributed by atoms with van der Waals surface area (Å²) in [5.41, 5.74) is 6.75. The van der Waals surface area contributed by atoms with Crippen molar-refractivity contribution >= 4 is 34.6 Å². The Labute approximate surface area is 228 Å². The van der Waals surface area contributed by atoms with Gasteiger partial charge in [0.15, 0.2) is 5.75 Å². The van der Waals surface area contributed by atoms with Crippen LogP contribution in [0.4, 0.5) is 22.7 Å². The molecule has 9 heteroatoms. The fourth-order valence-electron chi connectivity index (χ4n) is 4.46. The fourth-order valence-corrected chi connectivity index (χ4v) is 4.46. The number of aromatic hydroxyl groups is 1. The van der Waals surface area contributed by atoms with Gasteiger partial charge in [-0.05, 0) is 36.4 Å².